The summed E-state index contributed by atoms with van der Waals surface area (Å²) in [5, 5.41) is 6.48. The second kappa shape index (κ2) is 5.04. The van der Waals surface area contributed by atoms with Crippen molar-refractivity contribution in [2.45, 2.75) is 12.0 Å². The molecule has 0 aromatic heterocycles. The molecule has 92 valence electrons. The maximum Gasteiger partial charge on any atom is 0.252 e. The molecule has 2 rings (SSSR count). The molecular formula is C12H16ClN3O. The maximum atomic E-state index is 11.9. The predicted molar refractivity (Wildman–Crippen MR) is 68.2 cm³/mol. The average molecular weight is 254 g/mol. The highest BCUT2D eigenvalue weighted by Gasteiger charge is 2.29. The first kappa shape index (κ1) is 12.4. The fraction of sp³-hybridized carbons (Fsp3) is 0.417. The molecular weight excluding hydrogens is 238 g/mol. The minimum atomic E-state index is -0.336. The van der Waals surface area contributed by atoms with Gasteiger partial charge < -0.3 is 16.4 Å². The monoisotopic (exact) mass is 253 g/mol. The SMILES string of the molecule is N[C@]1(CNC(=O)c2ccccc2Cl)CCNC1. The molecule has 5 heteroatoms. The molecule has 0 aliphatic carbocycles. The lowest BCUT2D eigenvalue weighted by Crippen LogP contribution is -2.51. The summed E-state index contributed by atoms with van der Waals surface area (Å²) in [4.78, 5) is 11.9. The molecule has 0 unspecified atom stereocenters. The zero-order valence-electron chi connectivity index (χ0n) is 9.50. The number of benzene rings is 1. The van der Waals surface area contributed by atoms with Crippen molar-refractivity contribution in [1.29, 1.82) is 0 Å². The molecule has 1 aromatic carbocycles. The quantitative estimate of drug-likeness (QED) is 0.745. The molecule has 1 fully saturated rings. The standard InChI is InChI=1S/C12H16ClN3O/c13-10-4-2-1-3-9(10)11(17)16-8-12(14)5-6-15-7-12/h1-4,15H,5-8,14H2,(H,16,17)/t12-/m1/s1. The van der Waals surface area contributed by atoms with Crippen LogP contribution in [-0.4, -0.2) is 31.1 Å². The van der Waals surface area contributed by atoms with E-state index in [1.807, 2.05) is 0 Å². The molecule has 1 amide bonds. The average Bonchev–Trinajstić information content (AvgIpc) is 2.74. The lowest BCUT2D eigenvalue weighted by molar-refractivity contribution is 0.0945. The minimum Gasteiger partial charge on any atom is -0.350 e. The van der Waals surface area contributed by atoms with Crippen LogP contribution in [0.1, 0.15) is 16.8 Å². The van der Waals surface area contributed by atoms with Gasteiger partial charge in [0.15, 0.2) is 0 Å². The molecule has 1 saturated heterocycles. The number of halogens is 1. The van der Waals surface area contributed by atoms with Crippen molar-refractivity contribution in [3.8, 4) is 0 Å². The molecule has 0 radical (unpaired) electrons. The third kappa shape index (κ3) is 2.97. The van der Waals surface area contributed by atoms with Crippen molar-refractivity contribution < 1.29 is 4.79 Å². The Labute approximate surface area is 106 Å². The topological polar surface area (TPSA) is 67.1 Å². The van der Waals surface area contributed by atoms with Crippen LogP contribution in [0.5, 0.6) is 0 Å². The van der Waals surface area contributed by atoms with E-state index in [-0.39, 0.29) is 11.4 Å². The fourth-order valence-electron chi connectivity index (χ4n) is 1.91. The van der Waals surface area contributed by atoms with Gasteiger partial charge in [0.2, 0.25) is 0 Å². The Kier molecular flexibility index (Phi) is 3.66. The van der Waals surface area contributed by atoms with E-state index in [4.69, 9.17) is 17.3 Å². The number of carbonyl (C=O) groups excluding carboxylic acids is 1. The second-order valence-corrected chi connectivity index (χ2v) is 4.86. The van der Waals surface area contributed by atoms with E-state index >= 15 is 0 Å². The van der Waals surface area contributed by atoms with Crippen molar-refractivity contribution >= 4 is 17.5 Å². The Morgan fingerprint density at radius 3 is 2.94 bits per heavy atom. The predicted octanol–water partition coefficient (Wildman–Crippen LogP) is 0.761. The van der Waals surface area contributed by atoms with E-state index in [9.17, 15) is 4.79 Å². The van der Waals surface area contributed by atoms with Crippen molar-refractivity contribution in [2.24, 2.45) is 5.73 Å². The first-order valence-electron chi connectivity index (χ1n) is 5.63. The van der Waals surface area contributed by atoms with Crippen molar-refractivity contribution in [2.75, 3.05) is 19.6 Å². The number of hydrogen-bond donors (Lipinski definition) is 3. The Hall–Kier alpha value is -1.10. The summed E-state index contributed by atoms with van der Waals surface area (Å²) < 4.78 is 0. The molecule has 17 heavy (non-hydrogen) atoms. The third-order valence-corrected chi connectivity index (χ3v) is 3.33. The van der Waals surface area contributed by atoms with Gasteiger partial charge in [0.1, 0.15) is 0 Å². The number of amides is 1. The van der Waals surface area contributed by atoms with Gasteiger partial charge in [-0.15, -0.1) is 0 Å². The van der Waals surface area contributed by atoms with Gasteiger partial charge in [0, 0.05) is 18.6 Å². The van der Waals surface area contributed by atoms with Crippen molar-refractivity contribution in [3.63, 3.8) is 0 Å². The summed E-state index contributed by atoms with van der Waals surface area (Å²) >= 11 is 5.94. The number of nitrogens with one attached hydrogen (secondary N) is 2. The molecule has 1 aliphatic rings. The first-order valence-corrected chi connectivity index (χ1v) is 6.01. The molecule has 4 N–H and O–H groups in total. The zero-order valence-corrected chi connectivity index (χ0v) is 10.3. The molecule has 1 atom stereocenters. The van der Waals surface area contributed by atoms with E-state index in [1.54, 1.807) is 24.3 Å². The normalized spacial score (nSPS) is 23.6. The van der Waals surface area contributed by atoms with Gasteiger partial charge in [0.25, 0.3) is 5.91 Å². The summed E-state index contributed by atoms with van der Waals surface area (Å²) in [5.74, 6) is -0.174. The number of nitrogens with two attached hydrogens (primary N) is 1. The molecule has 1 aromatic rings. The number of hydrogen-bond acceptors (Lipinski definition) is 3. The van der Waals surface area contributed by atoms with E-state index < -0.39 is 0 Å². The van der Waals surface area contributed by atoms with Crippen LogP contribution in [0.2, 0.25) is 5.02 Å². The first-order chi connectivity index (χ1) is 8.11. The number of rotatable bonds is 3. The Bertz CT molecular complexity index is 416. The second-order valence-electron chi connectivity index (χ2n) is 4.45. The van der Waals surface area contributed by atoms with Gasteiger partial charge in [0.05, 0.1) is 10.6 Å². The van der Waals surface area contributed by atoms with Crippen LogP contribution >= 0.6 is 11.6 Å². The van der Waals surface area contributed by atoms with Crippen molar-refractivity contribution in [1.82, 2.24) is 10.6 Å². The smallest absolute Gasteiger partial charge is 0.252 e. The third-order valence-electron chi connectivity index (χ3n) is 3.00. The molecule has 0 bridgehead atoms. The van der Waals surface area contributed by atoms with E-state index in [2.05, 4.69) is 10.6 Å². The molecule has 0 spiro atoms. The Morgan fingerprint density at radius 2 is 2.29 bits per heavy atom. The van der Waals surface area contributed by atoms with Crippen LogP contribution in [0.25, 0.3) is 0 Å². The van der Waals surface area contributed by atoms with Crippen molar-refractivity contribution in [3.05, 3.63) is 34.9 Å². The summed E-state index contributed by atoms with van der Waals surface area (Å²) in [7, 11) is 0. The summed E-state index contributed by atoms with van der Waals surface area (Å²) in [6.45, 7) is 2.10. The largest absolute Gasteiger partial charge is 0.350 e. The number of carbonyl (C=O) groups is 1. The van der Waals surface area contributed by atoms with Crippen LogP contribution in [0.4, 0.5) is 0 Å². The summed E-state index contributed by atoms with van der Waals surface area (Å²) in [6.07, 6.45) is 0.871. The van der Waals surface area contributed by atoms with E-state index in [0.29, 0.717) is 17.1 Å². The molecule has 4 nitrogen and oxygen atoms in total. The van der Waals surface area contributed by atoms with Gasteiger partial charge in [-0.05, 0) is 25.1 Å². The van der Waals surface area contributed by atoms with Gasteiger partial charge in [-0.3, -0.25) is 4.79 Å². The highest BCUT2D eigenvalue weighted by Crippen LogP contribution is 2.15. The maximum absolute atomic E-state index is 11.9. The zero-order chi connectivity index (χ0) is 12.3. The van der Waals surface area contributed by atoms with Crippen LogP contribution < -0.4 is 16.4 Å². The van der Waals surface area contributed by atoms with Gasteiger partial charge in [-0.25, -0.2) is 0 Å². The fourth-order valence-corrected chi connectivity index (χ4v) is 2.13. The lowest BCUT2D eigenvalue weighted by atomic mass is 10.0. The lowest BCUT2D eigenvalue weighted by Gasteiger charge is -2.23. The molecule has 0 saturated carbocycles. The van der Waals surface area contributed by atoms with E-state index in [0.717, 1.165) is 19.5 Å². The molecule has 1 heterocycles. The van der Waals surface area contributed by atoms with E-state index in [1.165, 1.54) is 0 Å². The van der Waals surface area contributed by atoms with Crippen LogP contribution in [0.15, 0.2) is 24.3 Å². The minimum absolute atomic E-state index is 0.174. The van der Waals surface area contributed by atoms with Crippen LogP contribution in [-0.2, 0) is 0 Å². The van der Waals surface area contributed by atoms with Crippen LogP contribution in [0.3, 0.4) is 0 Å². The Morgan fingerprint density at radius 1 is 1.53 bits per heavy atom. The molecule has 1 aliphatic heterocycles. The van der Waals surface area contributed by atoms with Gasteiger partial charge in [-0.2, -0.15) is 0 Å². The van der Waals surface area contributed by atoms with Gasteiger partial charge >= 0.3 is 0 Å². The Balaban J connectivity index is 1.96. The highest BCUT2D eigenvalue weighted by molar-refractivity contribution is 6.33. The summed E-state index contributed by atoms with van der Waals surface area (Å²) in [5.41, 5.74) is 6.27. The van der Waals surface area contributed by atoms with Crippen LogP contribution in [0, 0.1) is 0 Å². The highest BCUT2D eigenvalue weighted by atomic mass is 35.5. The van der Waals surface area contributed by atoms with Gasteiger partial charge in [-0.1, -0.05) is 23.7 Å². The summed E-state index contributed by atoms with van der Waals surface area (Å²) in [6, 6.07) is 6.99.